The minimum Gasteiger partial charge on any atom is -0.326 e. The fourth-order valence-corrected chi connectivity index (χ4v) is 3.01. The first-order valence-corrected chi connectivity index (χ1v) is 8.65. The van der Waals surface area contributed by atoms with Crippen LogP contribution in [0.5, 0.6) is 0 Å². The van der Waals surface area contributed by atoms with Crippen LogP contribution in [0.3, 0.4) is 0 Å². The fourth-order valence-electron chi connectivity index (χ4n) is 3.01. The molecule has 7 nitrogen and oxygen atoms in total. The summed E-state index contributed by atoms with van der Waals surface area (Å²) in [5.74, 6) is -0.240. The number of amides is 1. The van der Waals surface area contributed by atoms with E-state index >= 15 is 0 Å². The number of hydrogen-bond acceptors (Lipinski definition) is 4. The van der Waals surface area contributed by atoms with Gasteiger partial charge in [0.1, 0.15) is 0 Å². The standard InChI is InChI=1S/C20H19N3O4/c1-2-3-14-11-20(25)22-18-12-15(6-9-17(14)18)21-19(24)10-13-4-7-16(8-5-13)23(26)27/h4-9,11-12H,2-3,10H2,1H3,(H,21,24)(H,22,25). The van der Waals surface area contributed by atoms with Crippen LogP contribution in [-0.4, -0.2) is 15.8 Å². The number of anilines is 1. The Hall–Kier alpha value is -3.48. The average Bonchev–Trinajstić information content (AvgIpc) is 2.62. The summed E-state index contributed by atoms with van der Waals surface area (Å²) in [6.45, 7) is 2.06. The van der Waals surface area contributed by atoms with Crippen LogP contribution in [0.2, 0.25) is 0 Å². The number of H-pyrrole nitrogens is 1. The molecule has 0 saturated heterocycles. The summed E-state index contributed by atoms with van der Waals surface area (Å²) in [6, 6.07) is 12.9. The molecule has 0 atom stereocenters. The maximum absolute atomic E-state index is 12.3. The maximum atomic E-state index is 12.3. The van der Waals surface area contributed by atoms with E-state index in [1.807, 2.05) is 6.07 Å². The van der Waals surface area contributed by atoms with E-state index in [0.29, 0.717) is 16.8 Å². The molecule has 1 heterocycles. The molecule has 0 aliphatic carbocycles. The van der Waals surface area contributed by atoms with Crippen LogP contribution >= 0.6 is 0 Å². The van der Waals surface area contributed by atoms with Crippen molar-refractivity contribution in [2.75, 3.05) is 5.32 Å². The van der Waals surface area contributed by atoms with Gasteiger partial charge in [-0.25, -0.2) is 0 Å². The van der Waals surface area contributed by atoms with Gasteiger partial charge in [0.25, 0.3) is 5.69 Å². The number of non-ortho nitro benzene ring substituents is 1. The quantitative estimate of drug-likeness (QED) is 0.514. The maximum Gasteiger partial charge on any atom is 0.269 e. The van der Waals surface area contributed by atoms with Gasteiger partial charge in [-0.15, -0.1) is 0 Å². The number of aryl methyl sites for hydroxylation is 1. The summed E-state index contributed by atoms with van der Waals surface area (Å²) in [4.78, 5) is 37.1. The summed E-state index contributed by atoms with van der Waals surface area (Å²) < 4.78 is 0. The number of nitro groups is 1. The van der Waals surface area contributed by atoms with Crippen LogP contribution in [0.1, 0.15) is 24.5 Å². The van der Waals surface area contributed by atoms with Crippen molar-refractivity contribution in [3.05, 3.63) is 80.1 Å². The molecule has 0 saturated carbocycles. The van der Waals surface area contributed by atoms with Crippen molar-refractivity contribution in [2.45, 2.75) is 26.2 Å². The number of pyridine rings is 1. The number of carbonyl (C=O) groups excluding carboxylic acids is 1. The van der Waals surface area contributed by atoms with Crippen molar-refractivity contribution in [3.8, 4) is 0 Å². The van der Waals surface area contributed by atoms with Gasteiger partial charge in [0.2, 0.25) is 11.5 Å². The number of nitro benzene ring substituents is 1. The predicted octanol–water partition coefficient (Wildman–Crippen LogP) is 3.57. The van der Waals surface area contributed by atoms with E-state index < -0.39 is 4.92 Å². The highest BCUT2D eigenvalue weighted by atomic mass is 16.6. The topological polar surface area (TPSA) is 105 Å². The molecule has 0 spiro atoms. The molecule has 3 rings (SSSR count). The van der Waals surface area contributed by atoms with Gasteiger partial charge < -0.3 is 10.3 Å². The van der Waals surface area contributed by atoms with Gasteiger partial charge in [0, 0.05) is 29.3 Å². The normalized spacial score (nSPS) is 10.7. The predicted molar refractivity (Wildman–Crippen MR) is 104 cm³/mol. The minimum atomic E-state index is -0.480. The lowest BCUT2D eigenvalue weighted by Crippen LogP contribution is -2.14. The largest absolute Gasteiger partial charge is 0.326 e. The molecule has 0 radical (unpaired) electrons. The third kappa shape index (κ3) is 4.38. The molecule has 0 aliphatic heterocycles. The third-order valence-electron chi connectivity index (χ3n) is 4.24. The van der Waals surface area contributed by atoms with Gasteiger partial charge in [-0.05, 0) is 29.7 Å². The summed E-state index contributed by atoms with van der Waals surface area (Å²) in [6.07, 6.45) is 1.85. The van der Waals surface area contributed by atoms with Gasteiger partial charge >= 0.3 is 0 Å². The number of carbonyl (C=O) groups is 1. The molecule has 27 heavy (non-hydrogen) atoms. The first kappa shape index (κ1) is 18.3. The van der Waals surface area contributed by atoms with E-state index in [4.69, 9.17) is 0 Å². The molecule has 0 aliphatic rings. The van der Waals surface area contributed by atoms with E-state index in [2.05, 4.69) is 17.2 Å². The molecular formula is C20H19N3O4. The lowest BCUT2D eigenvalue weighted by atomic mass is 10.0. The Labute approximate surface area is 155 Å². The van der Waals surface area contributed by atoms with E-state index in [1.165, 1.54) is 12.1 Å². The summed E-state index contributed by atoms with van der Waals surface area (Å²) >= 11 is 0. The molecule has 1 aromatic heterocycles. The number of nitrogens with zero attached hydrogens (tertiary/aromatic N) is 1. The Balaban J connectivity index is 1.76. The molecule has 0 fully saturated rings. The molecular weight excluding hydrogens is 346 g/mol. The number of rotatable bonds is 6. The second-order valence-electron chi connectivity index (χ2n) is 6.32. The van der Waals surface area contributed by atoms with Gasteiger partial charge in [-0.1, -0.05) is 31.5 Å². The minimum absolute atomic E-state index is 0.0134. The van der Waals surface area contributed by atoms with E-state index in [0.717, 1.165) is 23.8 Å². The molecule has 0 unspecified atom stereocenters. The van der Waals surface area contributed by atoms with Gasteiger partial charge in [0.05, 0.1) is 16.9 Å². The molecule has 2 N–H and O–H groups in total. The van der Waals surface area contributed by atoms with Crippen molar-refractivity contribution in [3.63, 3.8) is 0 Å². The number of nitrogens with one attached hydrogen (secondary N) is 2. The van der Waals surface area contributed by atoms with Crippen LogP contribution in [0, 0.1) is 10.1 Å². The Kier molecular flexibility index (Phi) is 5.30. The fraction of sp³-hybridized carbons (Fsp3) is 0.200. The van der Waals surface area contributed by atoms with Crippen molar-refractivity contribution >= 4 is 28.2 Å². The van der Waals surface area contributed by atoms with Crippen LogP contribution in [-0.2, 0) is 17.6 Å². The number of benzene rings is 2. The smallest absolute Gasteiger partial charge is 0.269 e. The summed E-state index contributed by atoms with van der Waals surface area (Å²) in [5.41, 5.74) is 2.75. The SMILES string of the molecule is CCCc1cc(=O)[nH]c2cc(NC(=O)Cc3ccc([N+](=O)[O-])cc3)ccc12. The van der Waals surface area contributed by atoms with Crippen molar-refractivity contribution in [1.82, 2.24) is 4.98 Å². The Bertz CT molecular complexity index is 1060. The zero-order valence-corrected chi connectivity index (χ0v) is 14.8. The number of aromatic amines is 1. The number of aromatic nitrogens is 1. The second-order valence-corrected chi connectivity index (χ2v) is 6.32. The van der Waals surface area contributed by atoms with Crippen molar-refractivity contribution in [2.24, 2.45) is 0 Å². The van der Waals surface area contributed by atoms with E-state index in [1.54, 1.807) is 30.3 Å². The van der Waals surface area contributed by atoms with Crippen molar-refractivity contribution < 1.29 is 9.72 Å². The van der Waals surface area contributed by atoms with Crippen LogP contribution < -0.4 is 10.9 Å². The second kappa shape index (κ2) is 7.82. The monoisotopic (exact) mass is 365 g/mol. The Morgan fingerprint density at radius 2 is 1.89 bits per heavy atom. The van der Waals surface area contributed by atoms with Crippen LogP contribution in [0.15, 0.2) is 53.3 Å². The number of fused-ring (bicyclic) bond motifs is 1. The highest BCUT2D eigenvalue weighted by molar-refractivity contribution is 5.95. The first-order valence-electron chi connectivity index (χ1n) is 8.65. The highest BCUT2D eigenvalue weighted by Gasteiger charge is 2.09. The van der Waals surface area contributed by atoms with Crippen LogP contribution in [0.25, 0.3) is 10.9 Å². The van der Waals surface area contributed by atoms with E-state index in [-0.39, 0.29) is 23.6 Å². The molecule has 138 valence electrons. The van der Waals surface area contributed by atoms with Gasteiger partial charge in [0.15, 0.2) is 0 Å². The Morgan fingerprint density at radius 1 is 1.15 bits per heavy atom. The Morgan fingerprint density at radius 3 is 2.56 bits per heavy atom. The molecule has 3 aromatic rings. The van der Waals surface area contributed by atoms with E-state index in [9.17, 15) is 19.7 Å². The highest BCUT2D eigenvalue weighted by Crippen LogP contribution is 2.21. The van der Waals surface area contributed by atoms with Gasteiger partial charge in [-0.3, -0.25) is 19.7 Å². The van der Waals surface area contributed by atoms with Gasteiger partial charge in [-0.2, -0.15) is 0 Å². The lowest BCUT2D eigenvalue weighted by molar-refractivity contribution is -0.384. The van der Waals surface area contributed by atoms with Crippen molar-refractivity contribution in [1.29, 1.82) is 0 Å². The third-order valence-corrected chi connectivity index (χ3v) is 4.24. The first-order chi connectivity index (χ1) is 13.0. The number of hydrogen-bond donors (Lipinski definition) is 2. The molecule has 1 amide bonds. The molecule has 7 heteroatoms. The zero-order chi connectivity index (χ0) is 19.4. The average molecular weight is 365 g/mol. The summed E-state index contributed by atoms with van der Waals surface area (Å²) in [5, 5.41) is 14.4. The van der Waals surface area contributed by atoms with Crippen LogP contribution in [0.4, 0.5) is 11.4 Å². The molecule has 0 bridgehead atoms. The molecule has 2 aromatic carbocycles. The lowest BCUT2D eigenvalue weighted by Gasteiger charge is -2.09. The summed E-state index contributed by atoms with van der Waals surface area (Å²) in [7, 11) is 0. The zero-order valence-electron chi connectivity index (χ0n) is 14.8.